The van der Waals surface area contributed by atoms with Gasteiger partial charge in [-0.15, -0.1) is 0 Å². The molecule has 21 heavy (non-hydrogen) atoms. The van der Waals surface area contributed by atoms with Crippen LogP contribution in [0.4, 0.5) is 0 Å². The quantitative estimate of drug-likeness (QED) is 0.810. The number of aryl methyl sites for hydroxylation is 1. The molecule has 0 aliphatic heterocycles. The maximum atomic E-state index is 10.1. The van der Waals surface area contributed by atoms with Crippen molar-refractivity contribution in [3.63, 3.8) is 0 Å². The molecule has 1 fully saturated rings. The molecule has 3 nitrogen and oxygen atoms in total. The van der Waals surface area contributed by atoms with Gasteiger partial charge in [-0.2, -0.15) is 0 Å². The van der Waals surface area contributed by atoms with Crippen molar-refractivity contribution in [3.05, 3.63) is 29.8 Å². The van der Waals surface area contributed by atoms with Crippen molar-refractivity contribution in [1.29, 1.82) is 0 Å². The van der Waals surface area contributed by atoms with Gasteiger partial charge >= 0.3 is 0 Å². The Labute approximate surface area is 128 Å². The molecule has 2 atom stereocenters. The van der Waals surface area contributed by atoms with Crippen LogP contribution in [0.15, 0.2) is 24.3 Å². The Morgan fingerprint density at radius 2 is 1.95 bits per heavy atom. The molecule has 0 amide bonds. The lowest BCUT2D eigenvalue weighted by molar-refractivity contribution is 0.0998. The maximum Gasteiger partial charge on any atom is 0.122 e. The molecule has 3 heteroatoms. The second kappa shape index (κ2) is 8.40. The molecule has 0 aromatic heterocycles. The highest BCUT2D eigenvalue weighted by Gasteiger charge is 2.20. The summed E-state index contributed by atoms with van der Waals surface area (Å²) in [4.78, 5) is 0. The summed E-state index contributed by atoms with van der Waals surface area (Å²) in [6.45, 7) is 5.20. The first kappa shape index (κ1) is 16.3. The fraction of sp³-hybridized carbons (Fsp3) is 0.667. The Hall–Kier alpha value is -1.06. The number of hydrogen-bond acceptors (Lipinski definition) is 3. The van der Waals surface area contributed by atoms with E-state index in [0.29, 0.717) is 19.2 Å². The zero-order valence-corrected chi connectivity index (χ0v) is 13.3. The molecule has 1 aliphatic carbocycles. The van der Waals surface area contributed by atoms with E-state index in [-0.39, 0.29) is 0 Å². The summed E-state index contributed by atoms with van der Waals surface area (Å²) in [5.74, 6) is 1.63. The number of benzene rings is 1. The van der Waals surface area contributed by atoms with Crippen LogP contribution < -0.4 is 10.1 Å². The van der Waals surface area contributed by atoms with Crippen molar-refractivity contribution in [2.24, 2.45) is 5.92 Å². The average molecular weight is 291 g/mol. The van der Waals surface area contributed by atoms with E-state index in [0.717, 1.165) is 17.2 Å². The Bertz CT molecular complexity index is 415. The van der Waals surface area contributed by atoms with E-state index >= 15 is 0 Å². The van der Waals surface area contributed by atoms with E-state index in [1.807, 2.05) is 31.2 Å². The van der Waals surface area contributed by atoms with Crippen LogP contribution in [0.3, 0.4) is 0 Å². The fourth-order valence-corrected chi connectivity index (χ4v) is 3.09. The topological polar surface area (TPSA) is 41.5 Å². The summed E-state index contributed by atoms with van der Waals surface area (Å²) in [6.07, 6.45) is 6.28. The molecular weight excluding hydrogens is 262 g/mol. The van der Waals surface area contributed by atoms with Crippen molar-refractivity contribution in [1.82, 2.24) is 5.32 Å². The summed E-state index contributed by atoms with van der Waals surface area (Å²) >= 11 is 0. The summed E-state index contributed by atoms with van der Waals surface area (Å²) in [5.41, 5.74) is 1.10. The Balaban J connectivity index is 1.67. The molecule has 2 N–H and O–H groups in total. The van der Waals surface area contributed by atoms with Gasteiger partial charge in [0.15, 0.2) is 0 Å². The monoisotopic (exact) mass is 291 g/mol. The minimum atomic E-state index is -0.462. The van der Waals surface area contributed by atoms with E-state index < -0.39 is 6.10 Å². The molecule has 0 radical (unpaired) electrons. The first-order chi connectivity index (χ1) is 10.2. The van der Waals surface area contributed by atoms with E-state index in [4.69, 9.17) is 4.74 Å². The molecule has 1 aliphatic rings. The highest BCUT2D eigenvalue weighted by atomic mass is 16.5. The summed E-state index contributed by atoms with van der Waals surface area (Å²) < 4.78 is 5.69. The predicted molar refractivity (Wildman–Crippen MR) is 86.7 cm³/mol. The molecule has 1 aromatic carbocycles. The largest absolute Gasteiger partial charge is 0.491 e. The van der Waals surface area contributed by atoms with Gasteiger partial charge in [0.05, 0.1) is 0 Å². The Kier molecular flexibility index (Phi) is 6.52. The van der Waals surface area contributed by atoms with Crippen LogP contribution in [-0.2, 0) is 0 Å². The molecule has 0 bridgehead atoms. The third kappa shape index (κ3) is 5.33. The van der Waals surface area contributed by atoms with Crippen molar-refractivity contribution >= 4 is 0 Å². The third-order valence-electron chi connectivity index (χ3n) is 4.56. The van der Waals surface area contributed by atoms with Crippen LogP contribution in [-0.4, -0.2) is 30.4 Å². The first-order valence-corrected chi connectivity index (χ1v) is 8.26. The van der Waals surface area contributed by atoms with Gasteiger partial charge < -0.3 is 15.2 Å². The number of rotatable bonds is 7. The van der Waals surface area contributed by atoms with Crippen molar-refractivity contribution < 1.29 is 9.84 Å². The Morgan fingerprint density at radius 3 is 2.67 bits per heavy atom. The van der Waals surface area contributed by atoms with Crippen LogP contribution in [0.1, 0.15) is 44.6 Å². The Morgan fingerprint density at radius 1 is 1.24 bits per heavy atom. The highest BCUT2D eigenvalue weighted by Crippen LogP contribution is 2.26. The number of aliphatic hydroxyl groups excluding tert-OH is 1. The molecule has 1 aromatic rings. The lowest BCUT2D eigenvalue weighted by Crippen LogP contribution is -2.40. The number of aliphatic hydroxyl groups is 1. The van der Waals surface area contributed by atoms with Gasteiger partial charge in [-0.25, -0.2) is 0 Å². The minimum absolute atomic E-state index is 0.342. The number of hydrogen-bond donors (Lipinski definition) is 2. The van der Waals surface area contributed by atoms with Gasteiger partial charge in [-0.05, 0) is 44.2 Å². The van der Waals surface area contributed by atoms with Crippen LogP contribution in [0.5, 0.6) is 5.75 Å². The first-order valence-electron chi connectivity index (χ1n) is 8.26. The second-order valence-corrected chi connectivity index (χ2v) is 6.33. The molecule has 0 saturated heterocycles. The van der Waals surface area contributed by atoms with Crippen LogP contribution in [0.25, 0.3) is 0 Å². The SMILES string of the molecule is Cc1ccccc1OCC(O)CN[C@H](C)C1CCCCC1. The van der Waals surface area contributed by atoms with Crippen molar-refractivity contribution in [2.75, 3.05) is 13.2 Å². The normalized spacial score (nSPS) is 19.2. The van der Waals surface area contributed by atoms with Crippen LogP contribution in [0.2, 0.25) is 0 Å². The fourth-order valence-electron chi connectivity index (χ4n) is 3.09. The standard InChI is InChI=1S/C18H29NO2/c1-14-8-6-7-11-18(14)21-13-17(20)12-19-15(2)16-9-4-3-5-10-16/h6-8,11,15-17,19-20H,3-5,9-10,12-13H2,1-2H3/t15-,17?/m1/s1. The lowest BCUT2D eigenvalue weighted by atomic mass is 9.84. The molecule has 1 saturated carbocycles. The number of para-hydroxylation sites is 1. The zero-order chi connectivity index (χ0) is 15.1. The third-order valence-corrected chi connectivity index (χ3v) is 4.56. The maximum absolute atomic E-state index is 10.1. The molecule has 0 heterocycles. The van der Waals surface area contributed by atoms with E-state index in [9.17, 15) is 5.11 Å². The van der Waals surface area contributed by atoms with E-state index in [2.05, 4.69) is 12.2 Å². The van der Waals surface area contributed by atoms with E-state index in [1.165, 1.54) is 32.1 Å². The molecule has 0 spiro atoms. The van der Waals surface area contributed by atoms with Gasteiger partial charge in [-0.3, -0.25) is 0 Å². The summed E-state index contributed by atoms with van der Waals surface area (Å²) in [7, 11) is 0. The van der Waals surface area contributed by atoms with Crippen molar-refractivity contribution in [2.45, 2.75) is 58.1 Å². The summed E-state index contributed by atoms with van der Waals surface area (Å²) in [6, 6.07) is 8.40. The highest BCUT2D eigenvalue weighted by molar-refractivity contribution is 5.31. The molecule has 1 unspecified atom stereocenters. The smallest absolute Gasteiger partial charge is 0.122 e. The van der Waals surface area contributed by atoms with Gasteiger partial charge in [-0.1, -0.05) is 37.5 Å². The molecule has 118 valence electrons. The van der Waals surface area contributed by atoms with Crippen LogP contribution >= 0.6 is 0 Å². The van der Waals surface area contributed by atoms with Crippen molar-refractivity contribution in [3.8, 4) is 5.75 Å². The molecular formula is C18H29NO2. The van der Waals surface area contributed by atoms with Gasteiger partial charge in [0.1, 0.15) is 18.5 Å². The number of nitrogens with one attached hydrogen (secondary N) is 1. The van der Waals surface area contributed by atoms with Crippen LogP contribution in [0, 0.1) is 12.8 Å². The van der Waals surface area contributed by atoms with Gasteiger partial charge in [0.25, 0.3) is 0 Å². The predicted octanol–water partition coefficient (Wildman–Crippen LogP) is 3.29. The average Bonchev–Trinajstić information content (AvgIpc) is 2.52. The zero-order valence-electron chi connectivity index (χ0n) is 13.3. The second-order valence-electron chi connectivity index (χ2n) is 6.33. The lowest BCUT2D eigenvalue weighted by Gasteiger charge is -2.29. The minimum Gasteiger partial charge on any atom is -0.491 e. The van der Waals surface area contributed by atoms with Gasteiger partial charge in [0.2, 0.25) is 0 Å². The number of ether oxygens (including phenoxy) is 1. The molecule has 2 rings (SSSR count). The van der Waals surface area contributed by atoms with Gasteiger partial charge in [0, 0.05) is 12.6 Å². The van der Waals surface area contributed by atoms with E-state index in [1.54, 1.807) is 0 Å². The summed E-state index contributed by atoms with van der Waals surface area (Å²) in [5, 5.41) is 13.5.